The predicted molar refractivity (Wildman–Crippen MR) is 152 cm³/mol. The van der Waals surface area contributed by atoms with Gasteiger partial charge in [-0.05, 0) is 66.8 Å². The molecule has 0 aliphatic carbocycles. The highest BCUT2D eigenvalue weighted by molar-refractivity contribution is 6.46. The van der Waals surface area contributed by atoms with Crippen LogP contribution in [0.4, 0.5) is 0 Å². The highest BCUT2D eigenvalue weighted by Gasteiger charge is 2.47. The van der Waals surface area contributed by atoms with Crippen LogP contribution in [0.1, 0.15) is 48.1 Å². The first kappa shape index (κ1) is 26.9. The summed E-state index contributed by atoms with van der Waals surface area (Å²) < 4.78 is 23.3. The number of nitrogens with zero attached hydrogens (tertiary/aromatic N) is 1. The zero-order chi connectivity index (χ0) is 28.5. The van der Waals surface area contributed by atoms with Crippen molar-refractivity contribution < 1.29 is 33.6 Å². The van der Waals surface area contributed by atoms with Gasteiger partial charge in [0.2, 0.25) is 0 Å². The lowest BCUT2D eigenvalue weighted by molar-refractivity contribution is -0.140. The van der Waals surface area contributed by atoms with Crippen molar-refractivity contribution >= 4 is 17.4 Å². The van der Waals surface area contributed by atoms with E-state index >= 15 is 0 Å². The maximum atomic E-state index is 13.5. The maximum Gasteiger partial charge on any atom is 0.295 e. The zero-order valence-corrected chi connectivity index (χ0v) is 23.2. The summed E-state index contributed by atoms with van der Waals surface area (Å²) in [5.41, 5.74) is 3.10. The Morgan fingerprint density at radius 1 is 1.05 bits per heavy atom. The number of rotatable bonds is 8. The van der Waals surface area contributed by atoms with E-state index in [0.29, 0.717) is 42.3 Å². The summed E-state index contributed by atoms with van der Waals surface area (Å²) in [5, 5.41) is 11.6. The van der Waals surface area contributed by atoms with E-state index in [-0.39, 0.29) is 30.1 Å². The molecule has 2 saturated heterocycles. The predicted octanol–water partition coefficient (Wildman–Crippen LogP) is 5.20. The van der Waals surface area contributed by atoms with E-state index in [1.807, 2.05) is 49.4 Å². The number of aliphatic hydroxyl groups excluding tert-OH is 1. The van der Waals surface area contributed by atoms with Gasteiger partial charge in [-0.2, -0.15) is 0 Å². The van der Waals surface area contributed by atoms with Gasteiger partial charge in [-0.3, -0.25) is 9.59 Å². The van der Waals surface area contributed by atoms with E-state index < -0.39 is 17.7 Å². The van der Waals surface area contributed by atoms with Crippen molar-refractivity contribution in [1.29, 1.82) is 0 Å². The number of hydrogen-bond donors (Lipinski definition) is 1. The minimum Gasteiger partial charge on any atom is -0.507 e. The SMILES string of the molecule is COc1cc([C@@H]2C(=C(O)c3ccc4c(c3)C[C@H](C)O4)C(=O)C(=O)N2C[C@@H]2CCCO2)ccc1OCc1ccccc1. The second-order valence-electron chi connectivity index (χ2n) is 10.7. The molecule has 3 aliphatic heterocycles. The highest BCUT2D eigenvalue weighted by atomic mass is 16.5. The van der Waals surface area contributed by atoms with E-state index in [2.05, 4.69) is 0 Å². The zero-order valence-electron chi connectivity index (χ0n) is 23.2. The fourth-order valence-corrected chi connectivity index (χ4v) is 5.86. The number of hydrogen-bond acceptors (Lipinski definition) is 7. The van der Waals surface area contributed by atoms with Crippen molar-refractivity contribution in [1.82, 2.24) is 4.90 Å². The topological polar surface area (TPSA) is 94.5 Å². The minimum atomic E-state index is -0.820. The van der Waals surface area contributed by atoms with Gasteiger partial charge in [0.05, 0.1) is 24.8 Å². The first-order chi connectivity index (χ1) is 19.9. The van der Waals surface area contributed by atoms with Crippen molar-refractivity contribution in [2.75, 3.05) is 20.3 Å². The van der Waals surface area contributed by atoms with Crippen LogP contribution < -0.4 is 14.2 Å². The number of fused-ring (bicyclic) bond motifs is 1. The average Bonchev–Trinajstić information content (AvgIpc) is 3.70. The monoisotopic (exact) mass is 555 g/mol. The molecule has 0 aromatic heterocycles. The van der Waals surface area contributed by atoms with Crippen molar-refractivity contribution in [2.45, 2.75) is 51.0 Å². The van der Waals surface area contributed by atoms with E-state index in [1.165, 1.54) is 4.90 Å². The molecule has 3 aromatic rings. The molecule has 0 saturated carbocycles. The Hall–Kier alpha value is -4.30. The molecule has 212 valence electrons. The van der Waals surface area contributed by atoms with Crippen LogP contribution in [0.25, 0.3) is 5.76 Å². The van der Waals surface area contributed by atoms with Crippen molar-refractivity contribution in [3.05, 3.63) is 94.6 Å². The first-order valence-electron chi connectivity index (χ1n) is 14.0. The largest absolute Gasteiger partial charge is 0.507 e. The summed E-state index contributed by atoms with van der Waals surface area (Å²) in [7, 11) is 1.55. The summed E-state index contributed by atoms with van der Waals surface area (Å²) >= 11 is 0. The second-order valence-corrected chi connectivity index (χ2v) is 10.7. The van der Waals surface area contributed by atoms with Gasteiger partial charge >= 0.3 is 0 Å². The lowest BCUT2D eigenvalue weighted by atomic mass is 9.94. The van der Waals surface area contributed by atoms with Crippen LogP contribution in [0.2, 0.25) is 0 Å². The van der Waals surface area contributed by atoms with Crippen molar-refractivity contribution in [2.24, 2.45) is 0 Å². The number of ketones is 1. The number of aliphatic hydroxyl groups is 1. The number of carbonyl (C=O) groups is 2. The Labute approximate surface area is 239 Å². The Morgan fingerprint density at radius 3 is 2.63 bits per heavy atom. The van der Waals surface area contributed by atoms with Gasteiger partial charge in [0.15, 0.2) is 11.5 Å². The van der Waals surface area contributed by atoms with Crippen LogP contribution in [0.5, 0.6) is 17.2 Å². The standard InChI is InChI=1S/C33H33NO7/c1-20-15-24-16-23(11-12-26(24)41-20)31(35)29-30(34(33(37)32(29)36)18-25-9-6-14-39-25)22-10-13-27(28(17-22)38-2)40-19-21-7-4-3-5-8-21/h3-5,7-8,10-13,16-17,20,25,30,35H,6,9,14-15,18-19H2,1-2H3/t20-,25-,30+/m0/s1. The Kier molecular flexibility index (Phi) is 7.41. The van der Waals surface area contributed by atoms with Gasteiger partial charge in [0.25, 0.3) is 11.7 Å². The van der Waals surface area contributed by atoms with E-state index in [4.69, 9.17) is 18.9 Å². The molecule has 1 N–H and O–H groups in total. The van der Waals surface area contributed by atoms with Gasteiger partial charge < -0.3 is 29.0 Å². The number of amides is 1. The summed E-state index contributed by atoms with van der Waals surface area (Å²) in [6, 6.07) is 19.7. The van der Waals surface area contributed by atoms with Crippen molar-refractivity contribution in [3.8, 4) is 17.2 Å². The summed E-state index contributed by atoms with van der Waals surface area (Å²) in [6.07, 6.45) is 2.26. The molecule has 1 amide bonds. The third kappa shape index (κ3) is 5.27. The molecule has 0 radical (unpaired) electrons. The number of likely N-dealkylation sites (tertiary alicyclic amines) is 1. The molecule has 0 spiro atoms. The van der Waals surface area contributed by atoms with Gasteiger partial charge in [-0.25, -0.2) is 0 Å². The van der Waals surface area contributed by atoms with Crippen LogP contribution in [0, 0.1) is 0 Å². The lowest BCUT2D eigenvalue weighted by Crippen LogP contribution is -2.36. The van der Waals surface area contributed by atoms with E-state index in [0.717, 1.165) is 29.7 Å². The molecule has 3 heterocycles. The molecule has 8 nitrogen and oxygen atoms in total. The number of carbonyl (C=O) groups excluding carboxylic acids is 2. The fraction of sp³-hybridized carbons (Fsp3) is 0.333. The molecule has 3 atom stereocenters. The fourth-order valence-electron chi connectivity index (χ4n) is 5.86. The Bertz CT molecular complexity index is 1490. The normalized spacial score (nSPS) is 23.0. The Morgan fingerprint density at radius 2 is 1.88 bits per heavy atom. The van der Waals surface area contributed by atoms with Crippen LogP contribution in [0.15, 0.2) is 72.3 Å². The smallest absolute Gasteiger partial charge is 0.295 e. The lowest BCUT2D eigenvalue weighted by Gasteiger charge is -2.28. The Balaban J connectivity index is 1.39. The second kappa shape index (κ2) is 11.3. The highest BCUT2D eigenvalue weighted by Crippen LogP contribution is 2.43. The molecule has 3 aliphatic rings. The number of Topliss-reactive ketones (excluding diaryl/α,β-unsaturated/α-hetero) is 1. The molecule has 6 rings (SSSR count). The molecule has 41 heavy (non-hydrogen) atoms. The van der Waals surface area contributed by atoms with Crippen molar-refractivity contribution in [3.63, 3.8) is 0 Å². The molecule has 2 fully saturated rings. The molecular weight excluding hydrogens is 522 g/mol. The van der Waals surface area contributed by atoms with Crippen LogP contribution in [-0.2, 0) is 27.4 Å². The summed E-state index contributed by atoms with van der Waals surface area (Å²) in [4.78, 5) is 28.5. The number of ether oxygens (including phenoxy) is 4. The molecular formula is C33H33NO7. The van der Waals surface area contributed by atoms with Gasteiger partial charge in [0, 0.05) is 25.1 Å². The van der Waals surface area contributed by atoms with E-state index in [1.54, 1.807) is 31.4 Å². The quantitative estimate of drug-likeness (QED) is 0.232. The van der Waals surface area contributed by atoms with Crippen LogP contribution in [-0.4, -0.2) is 54.2 Å². The summed E-state index contributed by atoms with van der Waals surface area (Å²) in [6.45, 7) is 3.21. The number of methoxy groups -OCH3 is 1. The maximum absolute atomic E-state index is 13.5. The van der Waals surface area contributed by atoms with Gasteiger partial charge in [-0.1, -0.05) is 36.4 Å². The van der Waals surface area contributed by atoms with Gasteiger partial charge in [0.1, 0.15) is 24.2 Å². The summed E-state index contributed by atoms with van der Waals surface area (Å²) in [5.74, 6) is 0.162. The minimum absolute atomic E-state index is 0.0366. The molecule has 0 unspecified atom stereocenters. The van der Waals surface area contributed by atoms with Crippen LogP contribution in [0.3, 0.4) is 0 Å². The van der Waals surface area contributed by atoms with Crippen LogP contribution >= 0.6 is 0 Å². The first-order valence-corrected chi connectivity index (χ1v) is 14.0. The molecule has 3 aromatic carbocycles. The number of benzene rings is 3. The van der Waals surface area contributed by atoms with Gasteiger partial charge in [-0.15, -0.1) is 0 Å². The molecule has 0 bridgehead atoms. The average molecular weight is 556 g/mol. The molecule has 8 heteroatoms. The third-order valence-electron chi connectivity index (χ3n) is 7.87. The third-order valence-corrected chi connectivity index (χ3v) is 7.87. The van der Waals surface area contributed by atoms with E-state index in [9.17, 15) is 14.7 Å².